The van der Waals surface area contributed by atoms with Crippen LogP contribution in [0, 0.1) is 6.92 Å². The van der Waals surface area contributed by atoms with Crippen LogP contribution in [-0.2, 0) is 4.74 Å². The number of rotatable bonds is 7. The van der Waals surface area contributed by atoms with E-state index in [4.69, 9.17) is 9.84 Å². The summed E-state index contributed by atoms with van der Waals surface area (Å²) in [4.78, 5) is 19.8. The Labute approximate surface area is 129 Å². The van der Waals surface area contributed by atoms with Gasteiger partial charge in [0.15, 0.2) is 0 Å². The quantitative estimate of drug-likeness (QED) is 0.804. The van der Waals surface area contributed by atoms with E-state index in [1.807, 2.05) is 31.2 Å². The molecule has 2 aromatic rings. The van der Waals surface area contributed by atoms with Crippen LogP contribution in [0.15, 0.2) is 42.9 Å². The van der Waals surface area contributed by atoms with Gasteiger partial charge in [-0.3, -0.25) is 9.78 Å². The van der Waals surface area contributed by atoms with E-state index in [0.29, 0.717) is 6.54 Å². The van der Waals surface area contributed by atoms with Gasteiger partial charge in [0.05, 0.1) is 25.5 Å². The Morgan fingerprint density at radius 1 is 1.32 bits per heavy atom. The molecule has 0 aliphatic heterocycles. The number of carbonyl (C=O) groups is 1. The number of aliphatic hydroxyl groups excluding tert-OH is 1. The molecule has 1 aromatic carbocycles. The van der Waals surface area contributed by atoms with E-state index < -0.39 is 0 Å². The fourth-order valence-electron chi connectivity index (χ4n) is 1.94. The fourth-order valence-corrected chi connectivity index (χ4v) is 1.94. The van der Waals surface area contributed by atoms with Gasteiger partial charge in [0.1, 0.15) is 5.69 Å². The number of nitrogens with zero attached hydrogens (tertiary/aromatic N) is 2. The molecule has 0 saturated heterocycles. The van der Waals surface area contributed by atoms with E-state index in [2.05, 4.69) is 15.3 Å². The molecular weight excluding hydrogens is 282 g/mol. The zero-order valence-corrected chi connectivity index (χ0v) is 12.4. The lowest BCUT2D eigenvalue weighted by Crippen LogP contribution is -2.30. The highest BCUT2D eigenvalue weighted by molar-refractivity contribution is 5.91. The standard InChI is InChI=1S/C16H19N3O3/c1-12-2-4-13(5-3-12)15(22-9-8-20)11-19-16(21)14-10-17-6-7-18-14/h2-7,10,15,20H,8-9,11H2,1H3,(H,19,21). The first-order valence-corrected chi connectivity index (χ1v) is 7.04. The van der Waals surface area contributed by atoms with Crippen molar-refractivity contribution in [2.75, 3.05) is 19.8 Å². The molecule has 1 heterocycles. The third-order valence-electron chi connectivity index (χ3n) is 3.10. The molecule has 2 N–H and O–H groups in total. The normalized spacial score (nSPS) is 11.9. The molecule has 0 saturated carbocycles. The van der Waals surface area contributed by atoms with Crippen LogP contribution in [0.5, 0.6) is 0 Å². The number of aliphatic hydroxyl groups is 1. The van der Waals surface area contributed by atoms with Crippen LogP contribution in [0.3, 0.4) is 0 Å². The summed E-state index contributed by atoms with van der Waals surface area (Å²) in [6.45, 7) is 2.43. The first-order chi connectivity index (χ1) is 10.7. The van der Waals surface area contributed by atoms with Crippen molar-refractivity contribution in [1.29, 1.82) is 0 Å². The summed E-state index contributed by atoms with van der Waals surface area (Å²) in [5.74, 6) is -0.308. The number of ether oxygens (including phenoxy) is 1. The maximum absolute atomic E-state index is 12.0. The second-order valence-corrected chi connectivity index (χ2v) is 4.79. The minimum Gasteiger partial charge on any atom is -0.394 e. The van der Waals surface area contributed by atoms with Gasteiger partial charge in [0.25, 0.3) is 5.91 Å². The van der Waals surface area contributed by atoms with Crippen molar-refractivity contribution in [3.8, 4) is 0 Å². The van der Waals surface area contributed by atoms with Gasteiger partial charge >= 0.3 is 0 Å². The van der Waals surface area contributed by atoms with E-state index >= 15 is 0 Å². The number of aromatic nitrogens is 2. The number of carbonyl (C=O) groups excluding carboxylic acids is 1. The summed E-state index contributed by atoms with van der Waals surface area (Å²) in [6.07, 6.45) is 4.06. The molecule has 0 bridgehead atoms. The van der Waals surface area contributed by atoms with Crippen molar-refractivity contribution in [3.63, 3.8) is 0 Å². The minimum atomic E-state index is -0.326. The van der Waals surface area contributed by atoms with Crippen LogP contribution in [0.25, 0.3) is 0 Å². The number of hydrogen-bond donors (Lipinski definition) is 2. The fraction of sp³-hybridized carbons (Fsp3) is 0.312. The molecule has 0 aliphatic carbocycles. The molecule has 0 radical (unpaired) electrons. The zero-order chi connectivity index (χ0) is 15.8. The zero-order valence-electron chi connectivity index (χ0n) is 12.4. The third-order valence-corrected chi connectivity index (χ3v) is 3.10. The van der Waals surface area contributed by atoms with E-state index in [1.165, 1.54) is 18.6 Å². The van der Waals surface area contributed by atoms with Gasteiger partial charge in [-0.05, 0) is 12.5 Å². The Kier molecular flexibility index (Phi) is 6.00. The molecule has 1 amide bonds. The SMILES string of the molecule is Cc1ccc(C(CNC(=O)c2cnccn2)OCCO)cc1. The lowest BCUT2D eigenvalue weighted by molar-refractivity contribution is 0.0276. The first-order valence-electron chi connectivity index (χ1n) is 7.04. The van der Waals surface area contributed by atoms with Gasteiger partial charge in [-0.25, -0.2) is 4.98 Å². The largest absolute Gasteiger partial charge is 0.394 e. The number of hydrogen-bond acceptors (Lipinski definition) is 5. The predicted octanol–water partition coefficient (Wildman–Crippen LogP) is 1.27. The highest BCUT2D eigenvalue weighted by Gasteiger charge is 2.15. The monoisotopic (exact) mass is 301 g/mol. The van der Waals surface area contributed by atoms with E-state index in [0.717, 1.165) is 11.1 Å². The lowest BCUT2D eigenvalue weighted by atomic mass is 10.1. The molecule has 116 valence electrons. The molecule has 6 nitrogen and oxygen atoms in total. The van der Waals surface area contributed by atoms with Crippen LogP contribution >= 0.6 is 0 Å². The van der Waals surface area contributed by atoms with E-state index in [9.17, 15) is 4.79 Å². The summed E-state index contributed by atoms with van der Waals surface area (Å²) in [6, 6.07) is 7.86. The first kappa shape index (κ1) is 16.1. The van der Waals surface area contributed by atoms with Gasteiger partial charge in [-0.1, -0.05) is 29.8 Å². The van der Waals surface area contributed by atoms with Gasteiger partial charge in [-0.15, -0.1) is 0 Å². The number of aryl methyl sites for hydroxylation is 1. The van der Waals surface area contributed by atoms with Crippen molar-refractivity contribution < 1.29 is 14.6 Å². The van der Waals surface area contributed by atoms with E-state index in [-0.39, 0.29) is 30.9 Å². The van der Waals surface area contributed by atoms with Gasteiger partial charge in [-0.2, -0.15) is 0 Å². The van der Waals surface area contributed by atoms with Crippen molar-refractivity contribution >= 4 is 5.91 Å². The Hall–Kier alpha value is -2.31. The average Bonchev–Trinajstić information content (AvgIpc) is 2.56. The maximum atomic E-state index is 12.0. The van der Waals surface area contributed by atoms with Crippen LogP contribution in [-0.4, -0.2) is 40.7 Å². The Balaban J connectivity index is 2.00. The summed E-state index contributed by atoms with van der Waals surface area (Å²) < 4.78 is 5.60. The third kappa shape index (κ3) is 4.61. The van der Waals surface area contributed by atoms with Crippen molar-refractivity contribution in [2.24, 2.45) is 0 Å². The summed E-state index contributed by atoms with van der Waals surface area (Å²) in [5.41, 5.74) is 2.35. The predicted molar refractivity (Wildman–Crippen MR) is 81.3 cm³/mol. The molecule has 0 spiro atoms. The average molecular weight is 301 g/mol. The Morgan fingerprint density at radius 2 is 2.09 bits per heavy atom. The minimum absolute atomic E-state index is 0.0690. The van der Waals surface area contributed by atoms with Crippen LogP contribution in [0.4, 0.5) is 0 Å². The molecule has 6 heteroatoms. The summed E-state index contributed by atoms with van der Waals surface area (Å²) in [5, 5.41) is 11.7. The Bertz CT molecular complexity index is 587. The van der Waals surface area contributed by atoms with Gasteiger partial charge in [0, 0.05) is 18.9 Å². The highest BCUT2D eigenvalue weighted by Crippen LogP contribution is 2.17. The molecule has 22 heavy (non-hydrogen) atoms. The van der Waals surface area contributed by atoms with Crippen molar-refractivity contribution in [1.82, 2.24) is 15.3 Å². The maximum Gasteiger partial charge on any atom is 0.271 e. The highest BCUT2D eigenvalue weighted by atomic mass is 16.5. The van der Waals surface area contributed by atoms with Crippen LogP contribution in [0.2, 0.25) is 0 Å². The summed E-state index contributed by atoms with van der Waals surface area (Å²) in [7, 11) is 0. The molecule has 0 fully saturated rings. The summed E-state index contributed by atoms with van der Waals surface area (Å²) >= 11 is 0. The van der Waals surface area contributed by atoms with Crippen LogP contribution in [0.1, 0.15) is 27.7 Å². The molecular formula is C16H19N3O3. The molecule has 1 atom stereocenters. The van der Waals surface area contributed by atoms with Gasteiger partial charge in [0.2, 0.25) is 0 Å². The Morgan fingerprint density at radius 3 is 2.73 bits per heavy atom. The number of nitrogens with one attached hydrogen (secondary N) is 1. The topological polar surface area (TPSA) is 84.3 Å². The van der Waals surface area contributed by atoms with E-state index in [1.54, 1.807) is 0 Å². The van der Waals surface area contributed by atoms with Crippen LogP contribution < -0.4 is 5.32 Å². The molecule has 1 aromatic heterocycles. The molecule has 1 unspecified atom stereocenters. The van der Waals surface area contributed by atoms with Crippen molar-refractivity contribution in [3.05, 3.63) is 59.7 Å². The second kappa shape index (κ2) is 8.21. The number of amides is 1. The molecule has 0 aliphatic rings. The second-order valence-electron chi connectivity index (χ2n) is 4.79. The molecule has 2 rings (SSSR count). The van der Waals surface area contributed by atoms with Gasteiger partial charge < -0.3 is 15.2 Å². The van der Waals surface area contributed by atoms with Crippen molar-refractivity contribution in [2.45, 2.75) is 13.0 Å². The lowest BCUT2D eigenvalue weighted by Gasteiger charge is -2.18. The number of benzene rings is 1. The smallest absolute Gasteiger partial charge is 0.271 e.